The smallest absolute Gasteiger partial charge is 0.343 e. The summed E-state index contributed by atoms with van der Waals surface area (Å²) in [5.74, 6) is 0. The van der Waals surface area contributed by atoms with Crippen molar-refractivity contribution in [2.75, 3.05) is 6.61 Å². The summed E-state index contributed by atoms with van der Waals surface area (Å²) < 4.78 is 44.1. The van der Waals surface area contributed by atoms with E-state index in [1.165, 1.54) is 16.9 Å². The molecule has 25 heavy (non-hydrogen) atoms. The molecule has 4 heterocycles. The van der Waals surface area contributed by atoms with E-state index in [4.69, 9.17) is 9.26 Å². The maximum Gasteiger partial charge on any atom is 0.472 e. The van der Waals surface area contributed by atoms with E-state index >= 15 is 4.39 Å². The summed E-state index contributed by atoms with van der Waals surface area (Å²) in [5.41, 5.74) is -3.15. The third kappa shape index (κ3) is 2.11. The number of halogens is 1. The zero-order chi connectivity index (χ0) is 18.0. The summed E-state index contributed by atoms with van der Waals surface area (Å²) in [6, 6.07) is 5.05. The van der Waals surface area contributed by atoms with Crippen LogP contribution in [0.2, 0.25) is 0 Å². The van der Waals surface area contributed by atoms with E-state index in [2.05, 4.69) is 14.6 Å². The molecule has 2 aliphatic heterocycles. The van der Waals surface area contributed by atoms with Gasteiger partial charge in [-0.15, -0.1) is 0 Å². The molecule has 2 saturated heterocycles. The molecule has 0 saturated carbocycles. The molecule has 2 aliphatic rings. The number of hydrogen-bond donors (Lipinski definition) is 1. The van der Waals surface area contributed by atoms with Gasteiger partial charge in [0.05, 0.1) is 23.5 Å². The Labute approximate surface area is 141 Å². The minimum absolute atomic E-state index is 0.145. The molecule has 1 unspecified atom stereocenters. The van der Waals surface area contributed by atoms with Gasteiger partial charge in [0.15, 0.2) is 5.67 Å². The Morgan fingerprint density at radius 3 is 3.04 bits per heavy atom. The highest BCUT2D eigenvalue weighted by Crippen LogP contribution is 2.59. The van der Waals surface area contributed by atoms with Gasteiger partial charge < -0.3 is 9.63 Å². The van der Waals surface area contributed by atoms with Crippen LogP contribution in [-0.2, 0) is 24.0 Å². The van der Waals surface area contributed by atoms with Gasteiger partial charge in [0.25, 0.3) is 0 Å². The van der Waals surface area contributed by atoms with Crippen molar-refractivity contribution in [2.45, 2.75) is 37.3 Å². The summed E-state index contributed by atoms with van der Waals surface area (Å²) in [6.07, 6.45) is -1.17. The fourth-order valence-corrected chi connectivity index (χ4v) is 4.43. The molecule has 9 nitrogen and oxygen atoms in total. The number of nitriles is 1. The lowest BCUT2D eigenvalue weighted by molar-refractivity contribution is -0.0761. The molecule has 2 aromatic heterocycles. The first-order chi connectivity index (χ1) is 11.7. The Hall–Kier alpha value is -1.89. The first-order valence-electron chi connectivity index (χ1n) is 7.45. The zero-order valence-electron chi connectivity index (χ0n) is 13.3. The number of phosphoric acid groups is 1. The van der Waals surface area contributed by atoms with E-state index in [1.807, 2.05) is 6.07 Å². The summed E-state index contributed by atoms with van der Waals surface area (Å²) >= 11 is 0. The largest absolute Gasteiger partial charge is 0.472 e. The van der Waals surface area contributed by atoms with Crippen LogP contribution in [0.4, 0.5) is 4.39 Å². The Bertz CT molecular complexity index is 956. The van der Waals surface area contributed by atoms with Crippen molar-refractivity contribution in [2.24, 2.45) is 0 Å². The molecule has 11 heteroatoms. The van der Waals surface area contributed by atoms with Gasteiger partial charge in [0, 0.05) is 0 Å². The molecular weight excluding hydrogens is 354 g/mol. The van der Waals surface area contributed by atoms with E-state index in [9.17, 15) is 14.7 Å². The number of hydrogen-bond acceptors (Lipinski definition) is 7. The average Bonchev–Trinajstić information content (AvgIpc) is 3.07. The molecule has 2 fully saturated rings. The molecule has 4 rings (SSSR count). The molecule has 0 aromatic carbocycles. The van der Waals surface area contributed by atoms with Gasteiger partial charge in [0.2, 0.25) is 5.60 Å². The average molecular weight is 368 g/mol. The second-order valence-electron chi connectivity index (χ2n) is 6.18. The Morgan fingerprint density at radius 2 is 2.32 bits per heavy atom. The quantitative estimate of drug-likeness (QED) is 0.750. The summed E-state index contributed by atoms with van der Waals surface area (Å²) in [6.45, 7) is 2.50. The second kappa shape index (κ2) is 5.06. The van der Waals surface area contributed by atoms with Gasteiger partial charge in [-0.3, -0.25) is 9.05 Å². The van der Waals surface area contributed by atoms with Crippen LogP contribution in [0, 0.1) is 18.3 Å². The number of alkyl halides is 1. The standard InChI is InChI=1S/C14H14FN4O5P/c1-8-9-3-4-11(19(9)18-7-17-8)14(6-16)13(2,15)12-10(23-14)5-22-25(20,21)24-12/h3-4,7,10,12H,5H2,1-2H3,(H,20,21)/t10-,12-,13-,14+/m1/s1. The van der Waals surface area contributed by atoms with Crippen LogP contribution >= 0.6 is 7.82 Å². The number of rotatable bonds is 1. The number of phosphoric ester groups is 1. The number of fused-ring (bicyclic) bond motifs is 2. The Morgan fingerprint density at radius 1 is 1.56 bits per heavy atom. The fraction of sp³-hybridized carbons (Fsp3) is 0.500. The summed E-state index contributed by atoms with van der Waals surface area (Å²) in [5, 5.41) is 13.9. The lowest BCUT2D eigenvalue weighted by Gasteiger charge is -2.33. The van der Waals surface area contributed by atoms with Gasteiger partial charge in [-0.05, 0) is 26.0 Å². The van der Waals surface area contributed by atoms with Crippen LogP contribution in [0.1, 0.15) is 18.3 Å². The molecule has 0 spiro atoms. The number of aromatic nitrogens is 3. The van der Waals surface area contributed by atoms with E-state index in [0.717, 1.165) is 6.92 Å². The molecule has 132 valence electrons. The highest BCUT2D eigenvalue weighted by molar-refractivity contribution is 7.47. The van der Waals surface area contributed by atoms with E-state index in [1.54, 1.807) is 13.0 Å². The minimum atomic E-state index is -4.40. The molecule has 1 N–H and O–H groups in total. The van der Waals surface area contributed by atoms with Crippen LogP contribution in [0.15, 0.2) is 18.5 Å². The third-order valence-electron chi connectivity index (χ3n) is 4.70. The molecule has 0 aliphatic carbocycles. The van der Waals surface area contributed by atoms with E-state index < -0.39 is 31.3 Å². The normalized spacial score (nSPS) is 40.8. The fourth-order valence-electron chi connectivity index (χ4n) is 3.41. The predicted octanol–water partition coefficient (Wildman–Crippen LogP) is 1.40. The van der Waals surface area contributed by atoms with Crippen LogP contribution in [-0.4, -0.2) is 44.0 Å². The van der Waals surface area contributed by atoms with Crippen molar-refractivity contribution in [1.29, 1.82) is 5.26 Å². The van der Waals surface area contributed by atoms with Gasteiger partial charge in [0.1, 0.15) is 24.6 Å². The lowest BCUT2D eigenvalue weighted by atomic mass is 9.82. The molecule has 2 aromatic rings. The van der Waals surface area contributed by atoms with Crippen LogP contribution < -0.4 is 0 Å². The Balaban J connectivity index is 1.91. The minimum Gasteiger partial charge on any atom is -0.343 e. The second-order valence-corrected chi connectivity index (χ2v) is 7.58. The maximum atomic E-state index is 15.8. The Kier molecular flexibility index (Phi) is 3.36. The van der Waals surface area contributed by atoms with Crippen LogP contribution in [0.3, 0.4) is 0 Å². The SMILES string of the molecule is Cc1ncnn2c([C@]3(C#N)O[C@@H]4COP(=O)(O)O[C@H]4[C@@]3(C)F)ccc12. The van der Waals surface area contributed by atoms with Gasteiger partial charge in [-0.2, -0.15) is 10.4 Å². The molecule has 5 atom stereocenters. The monoisotopic (exact) mass is 368 g/mol. The topological polar surface area (TPSA) is 119 Å². The number of nitrogens with zero attached hydrogens (tertiary/aromatic N) is 4. The first kappa shape index (κ1) is 16.6. The number of aryl methyl sites for hydroxylation is 1. The predicted molar refractivity (Wildman–Crippen MR) is 80.1 cm³/mol. The molecule has 0 amide bonds. The lowest BCUT2D eigenvalue weighted by Crippen LogP contribution is -2.50. The van der Waals surface area contributed by atoms with Gasteiger partial charge >= 0.3 is 7.82 Å². The van der Waals surface area contributed by atoms with E-state index in [-0.39, 0.29) is 12.3 Å². The zero-order valence-corrected chi connectivity index (χ0v) is 14.2. The van der Waals surface area contributed by atoms with Gasteiger partial charge in [-0.1, -0.05) is 0 Å². The van der Waals surface area contributed by atoms with Crippen molar-refractivity contribution < 1.29 is 27.6 Å². The van der Waals surface area contributed by atoms with Crippen molar-refractivity contribution in [3.63, 3.8) is 0 Å². The highest BCUT2D eigenvalue weighted by Gasteiger charge is 2.70. The number of ether oxygens (including phenoxy) is 1. The highest BCUT2D eigenvalue weighted by atomic mass is 31.2. The molecular formula is C14H14FN4O5P. The third-order valence-corrected chi connectivity index (χ3v) is 5.67. The molecule has 0 bridgehead atoms. The van der Waals surface area contributed by atoms with Crippen molar-refractivity contribution >= 4 is 13.3 Å². The van der Waals surface area contributed by atoms with Crippen LogP contribution in [0.5, 0.6) is 0 Å². The van der Waals surface area contributed by atoms with Crippen molar-refractivity contribution in [3.05, 3.63) is 29.8 Å². The maximum absolute atomic E-state index is 15.8. The molecule has 0 radical (unpaired) electrons. The van der Waals surface area contributed by atoms with Crippen molar-refractivity contribution in [1.82, 2.24) is 14.6 Å². The van der Waals surface area contributed by atoms with E-state index in [0.29, 0.717) is 11.2 Å². The van der Waals surface area contributed by atoms with Crippen molar-refractivity contribution in [3.8, 4) is 6.07 Å². The summed E-state index contributed by atoms with van der Waals surface area (Å²) in [7, 11) is -4.40. The van der Waals surface area contributed by atoms with Crippen LogP contribution in [0.25, 0.3) is 5.52 Å². The summed E-state index contributed by atoms with van der Waals surface area (Å²) in [4.78, 5) is 13.6. The van der Waals surface area contributed by atoms with Gasteiger partial charge in [-0.25, -0.2) is 18.5 Å². The first-order valence-corrected chi connectivity index (χ1v) is 8.95.